The minimum atomic E-state index is -0.655. The van der Waals surface area contributed by atoms with Crippen LogP contribution < -0.4 is 4.74 Å². The van der Waals surface area contributed by atoms with Crippen molar-refractivity contribution in [2.45, 2.75) is 6.61 Å². The number of hydrogen-bond donors (Lipinski definition) is 0. The molecule has 0 aliphatic carbocycles. The molecule has 1 saturated heterocycles. The zero-order valence-corrected chi connectivity index (χ0v) is 19.7. The van der Waals surface area contributed by atoms with Gasteiger partial charge in [-0.1, -0.05) is 72.8 Å². The van der Waals surface area contributed by atoms with E-state index in [4.69, 9.17) is 4.74 Å². The highest BCUT2D eigenvalue weighted by molar-refractivity contribution is 8.18. The molecular weight excluding hydrogens is 462 g/mol. The van der Waals surface area contributed by atoms with E-state index in [0.717, 1.165) is 43.8 Å². The monoisotopic (exact) mass is 483 g/mol. The number of fused-ring (bicyclic) bond motifs is 2. The van der Waals surface area contributed by atoms with Crippen molar-refractivity contribution in [3.63, 3.8) is 0 Å². The first-order valence-electron chi connectivity index (χ1n) is 11.0. The third-order valence-electron chi connectivity index (χ3n) is 5.86. The van der Waals surface area contributed by atoms with E-state index in [0.29, 0.717) is 17.9 Å². The van der Waals surface area contributed by atoms with Crippen LogP contribution >= 0.6 is 11.8 Å². The van der Waals surface area contributed by atoms with Crippen molar-refractivity contribution in [1.29, 1.82) is 0 Å². The molecule has 1 fully saturated rings. The zero-order valence-electron chi connectivity index (χ0n) is 18.9. The predicted octanol–water partition coefficient (Wildman–Crippen LogP) is 5.78. The Morgan fingerprint density at radius 2 is 1.57 bits per heavy atom. The van der Waals surface area contributed by atoms with Crippen LogP contribution in [0.25, 0.3) is 27.6 Å². The second-order valence-electron chi connectivity index (χ2n) is 7.97. The van der Waals surface area contributed by atoms with Crippen molar-refractivity contribution in [1.82, 2.24) is 4.90 Å². The lowest BCUT2D eigenvalue weighted by atomic mass is 10.0. The van der Waals surface area contributed by atoms with Gasteiger partial charge < -0.3 is 9.47 Å². The molecule has 0 unspecified atom stereocenters. The van der Waals surface area contributed by atoms with Crippen LogP contribution in [0.2, 0.25) is 0 Å². The van der Waals surface area contributed by atoms with E-state index < -0.39 is 23.7 Å². The van der Waals surface area contributed by atoms with Gasteiger partial charge in [-0.15, -0.1) is 0 Å². The molecule has 35 heavy (non-hydrogen) atoms. The van der Waals surface area contributed by atoms with E-state index in [1.165, 1.54) is 7.11 Å². The Hall–Kier alpha value is -4.10. The van der Waals surface area contributed by atoms with Crippen molar-refractivity contribution < 1.29 is 23.9 Å². The lowest BCUT2D eigenvalue weighted by molar-refractivity contribution is -0.143. The molecule has 0 aromatic heterocycles. The molecule has 0 bridgehead atoms. The Bertz CT molecular complexity index is 1500. The second kappa shape index (κ2) is 9.64. The molecule has 2 amide bonds. The smallest absolute Gasteiger partial charge is 0.325 e. The summed E-state index contributed by atoms with van der Waals surface area (Å²) in [4.78, 5) is 38.1. The van der Waals surface area contributed by atoms with Gasteiger partial charge in [0.1, 0.15) is 18.9 Å². The summed E-state index contributed by atoms with van der Waals surface area (Å²) >= 11 is 0.798. The standard InChI is InChI=1S/C28H21NO5S/c1-33-26(30)16-29-27(31)25(35-28(29)32)15-23-22-12-5-3-8-19(22)13-14-24(23)34-17-20-10-6-9-18-7-2-4-11-21(18)20/h2-15H,16-17H2,1H3/b25-15-. The maximum absolute atomic E-state index is 12.9. The van der Waals surface area contributed by atoms with Crippen LogP contribution in [0.4, 0.5) is 4.79 Å². The molecule has 0 spiro atoms. The minimum absolute atomic E-state index is 0.227. The summed E-state index contributed by atoms with van der Waals surface area (Å²) in [5, 5.41) is 3.60. The first-order valence-corrected chi connectivity index (χ1v) is 11.8. The maximum atomic E-state index is 12.9. The molecule has 6 nitrogen and oxygen atoms in total. The second-order valence-corrected chi connectivity index (χ2v) is 8.96. The molecule has 1 aliphatic rings. The van der Waals surface area contributed by atoms with Gasteiger partial charge in [0.05, 0.1) is 12.0 Å². The average Bonchev–Trinajstić information content (AvgIpc) is 3.15. The van der Waals surface area contributed by atoms with Gasteiger partial charge in [-0.2, -0.15) is 0 Å². The molecule has 174 valence electrons. The molecule has 5 rings (SSSR count). The van der Waals surface area contributed by atoms with Crippen molar-refractivity contribution in [2.75, 3.05) is 13.7 Å². The molecule has 0 atom stereocenters. The van der Waals surface area contributed by atoms with Gasteiger partial charge in [-0.25, -0.2) is 0 Å². The normalized spacial score (nSPS) is 14.8. The van der Waals surface area contributed by atoms with Crippen molar-refractivity contribution >= 4 is 56.5 Å². The molecule has 1 heterocycles. The van der Waals surface area contributed by atoms with E-state index in [2.05, 4.69) is 22.9 Å². The summed E-state index contributed by atoms with van der Waals surface area (Å²) in [6.45, 7) is -0.0805. The lowest BCUT2D eigenvalue weighted by Crippen LogP contribution is -2.34. The number of amides is 2. The van der Waals surface area contributed by atoms with E-state index in [9.17, 15) is 14.4 Å². The van der Waals surface area contributed by atoms with Crippen LogP contribution in [0.1, 0.15) is 11.1 Å². The van der Waals surface area contributed by atoms with Crippen molar-refractivity contribution in [3.05, 3.63) is 94.9 Å². The number of ether oxygens (including phenoxy) is 2. The zero-order chi connectivity index (χ0) is 24.4. The number of carbonyl (C=O) groups is 3. The van der Waals surface area contributed by atoms with E-state index in [1.54, 1.807) is 6.08 Å². The molecule has 4 aromatic carbocycles. The minimum Gasteiger partial charge on any atom is -0.488 e. The quantitative estimate of drug-likeness (QED) is 0.256. The Morgan fingerprint density at radius 1 is 0.886 bits per heavy atom. The number of imide groups is 1. The fourth-order valence-corrected chi connectivity index (χ4v) is 4.91. The van der Waals surface area contributed by atoms with E-state index in [1.807, 2.05) is 60.7 Å². The summed E-state index contributed by atoms with van der Waals surface area (Å²) in [6.07, 6.45) is 1.67. The van der Waals surface area contributed by atoms with Gasteiger partial charge in [0, 0.05) is 5.56 Å². The van der Waals surface area contributed by atoms with Gasteiger partial charge in [0.2, 0.25) is 0 Å². The number of nitrogens with zero attached hydrogens (tertiary/aromatic N) is 1. The lowest BCUT2D eigenvalue weighted by Gasteiger charge is -2.14. The predicted molar refractivity (Wildman–Crippen MR) is 137 cm³/mol. The Kier molecular flexibility index (Phi) is 6.25. The molecule has 7 heteroatoms. The summed E-state index contributed by atoms with van der Waals surface area (Å²) in [6, 6.07) is 25.8. The Morgan fingerprint density at radius 3 is 2.34 bits per heavy atom. The first kappa shape index (κ1) is 22.7. The third-order valence-corrected chi connectivity index (χ3v) is 6.77. The summed E-state index contributed by atoms with van der Waals surface area (Å²) in [5.41, 5.74) is 1.74. The van der Waals surface area contributed by atoms with Gasteiger partial charge in [0.15, 0.2) is 0 Å². The Labute approximate surface area is 206 Å². The molecule has 0 saturated carbocycles. The SMILES string of the molecule is COC(=O)CN1C(=O)S/C(=C\c2c(OCc3cccc4ccccc34)ccc3ccccc23)C1=O. The van der Waals surface area contributed by atoms with Crippen molar-refractivity contribution in [2.24, 2.45) is 0 Å². The van der Waals surface area contributed by atoms with Crippen LogP contribution in [0.5, 0.6) is 5.75 Å². The topological polar surface area (TPSA) is 72.9 Å². The van der Waals surface area contributed by atoms with Crippen LogP contribution in [-0.4, -0.2) is 35.7 Å². The summed E-state index contributed by atoms with van der Waals surface area (Å²) < 4.78 is 10.9. The number of rotatable bonds is 6. The van der Waals surface area contributed by atoms with E-state index >= 15 is 0 Å². The molecule has 1 aliphatic heterocycles. The summed E-state index contributed by atoms with van der Waals surface area (Å²) in [7, 11) is 1.22. The fraction of sp³-hybridized carbons (Fsp3) is 0.107. The number of methoxy groups -OCH3 is 1. The molecule has 0 radical (unpaired) electrons. The van der Waals surface area contributed by atoms with Crippen LogP contribution in [-0.2, 0) is 20.9 Å². The highest BCUT2D eigenvalue weighted by Gasteiger charge is 2.36. The molecular formula is C28H21NO5S. The summed E-state index contributed by atoms with van der Waals surface area (Å²) in [5.74, 6) is -0.590. The van der Waals surface area contributed by atoms with Gasteiger partial charge in [-0.3, -0.25) is 19.3 Å². The highest BCUT2D eigenvalue weighted by atomic mass is 32.2. The van der Waals surface area contributed by atoms with Gasteiger partial charge in [0.25, 0.3) is 11.1 Å². The van der Waals surface area contributed by atoms with E-state index in [-0.39, 0.29) is 4.91 Å². The van der Waals surface area contributed by atoms with Crippen molar-refractivity contribution in [3.8, 4) is 5.75 Å². The van der Waals surface area contributed by atoms with Gasteiger partial charge in [-0.05, 0) is 51.0 Å². The average molecular weight is 484 g/mol. The number of thioether (sulfide) groups is 1. The fourth-order valence-electron chi connectivity index (χ4n) is 4.09. The molecule has 4 aromatic rings. The largest absolute Gasteiger partial charge is 0.488 e. The van der Waals surface area contributed by atoms with Crippen LogP contribution in [0.3, 0.4) is 0 Å². The maximum Gasteiger partial charge on any atom is 0.325 e. The van der Waals surface area contributed by atoms with Crippen LogP contribution in [0, 0.1) is 0 Å². The third kappa shape index (κ3) is 4.50. The Balaban J connectivity index is 1.52. The van der Waals surface area contributed by atoms with Crippen LogP contribution in [0.15, 0.2) is 83.8 Å². The van der Waals surface area contributed by atoms with Gasteiger partial charge >= 0.3 is 5.97 Å². The number of benzene rings is 4. The number of carbonyl (C=O) groups excluding carboxylic acids is 3. The molecule has 0 N–H and O–H groups in total. The first-order chi connectivity index (χ1) is 17.0. The number of esters is 1. The number of hydrogen-bond acceptors (Lipinski definition) is 6. The highest BCUT2D eigenvalue weighted by Crippen LogP contribution is 2.37.